The normalized spacial score (nSPS) is 14.3. The first-order chi connectivity index (χ1) is 10.8. The van der Waals surface area contributed by atoms with E-state index in [4.69, 9.17) is 9.15 Å². The van der Waals surface area contributed by atoms with Crippen molar-refractivity contribution in [3.63, 3.8) is 0 Å². The summed E-state index contributed by atoms with van der Waals surface area (Å²) >= 11 is 0. The van der Waals surface area contributed by atoms with Gasteiger partial charge in [0.15, 0.2) is 0 Å². The smallest absolute Gasteiger partial charge is 0.419 e. The van der Waals surface area contributed by atoms with Gasteiger partial charge in [-0.15, -0.1) is 0 Å². The van der Waals surface area contributed by atoms with Gasteiger partial charge in [0.2, 0.25) is 0 Å². The summed E-state index contributed by atoms with van der Waals surface area (Å²) in [4.78, 5) is 13.4. The molecule has 0 spiro atoms. The van der Waals surface area contributed by atoms with Crippen LogP contribution in [-0.2, 0) is 19.3 Å². The maximum atomic E-state index is 12.9. The van der Waals surface area contributed by atoms with Crippen molar-refractivity contribution in [1.82, 2.24) is 4.90 Å². The van der Waals surface area contributed by atoms with E-state index in [2.05, 4.69) is 0 Å². The molecule has 23 heavy (non-hydrogen) atoms. The Morgan fingerprint density at radius 1 is 1.35 bits per heavy atom. The van der Waals surface area contributed by atoms with Gasteiger partial charge in [0.05, 0.1) is 0 Å². The number of nitrogens with zero attached hydrogens (tertiary/aromatic N) is 1. The SMILES string of the molecule is Cc1occ(C(F)(F)F)c1COc1ccc2c(c1)CN(C)C2=O. The van der Waals surface area contributed by atoms with Gasteiger partial charge in [0.1, 0.15) is 29.9 Å². The summed E-state index contributed by atoms with van der Waals surface area (Å²) in [5.41, 5.74) is 0.544. The van der Waals surface area contributed by atoms with Crippen LogP contribution >= 0.6 is 0 Å². The zero-order valence-electron chi connectivity index (χ0n) is 12.5. The third-order valence-corrected chi connectivity index (χ3v) is 3.85. The van der Waals surface area contributed by atoms with E-state index >= 15 is 0 Å². The van der Waals surface area contributed by atoms with E-state index in [1.165, 1.54) is 6.92 Å². The van der Waals surface area contributed by atoms with Crippen LogP contribution in [0.5, 0.6) is 5.75 Å². The molecule has 0 saturated heterocycles. The Labute approximate surface area is 130 Å². The van der Waals surface area contributed by atoms with Gasteiger partial charge in [0.25, 0.3) is 5.91 Å². The van der Waals surface area contributed by atoms with E-state index in [-0.39, 0.29) is 23.8 Å². The molecular formula is C16H14F3NO3. The average Bonchev–Trinajstić information content (AvgIpc) is 2.97. The minimum absolute atomic E-state index is 0.0220. The molecule has 0 saturated carbocycles. The number of carbonyl (C=O) groups excluding carboxylic acids is 1. The lowest BCUT2D eigenvalue weighted by atomic mass is 10.1. The largest absolute Gasteiger partial charge is 0.489 e. The minimum atomic E-state index is -4.48. The summed E-state index contributed by atoms with van der Waals surface area (Å²) in [6.07, 6.45) is -3.78. The highest BCUT2D eigenvalue weighted by molar-refractivity contribution is 5.98. The Balaban J connectivity index is 1.79. The number of aryl methyl sites for hydroxylation is 1. The average molecular weight is 325 g/mol. The Bertz CT molecular complexity index is 764. The van der Waals surface area contributed by atoms with Crippen LogP contribution in [0.25, 0.3) is 0 Å². The van der Waals surface area contributed by atoms with Crippen molar-refractivity contribution in [3.05, 3.63) is 52.5 Å². The molecule has 0 fully saturated rings. The summed E-state index contributed by atoms with van der Waals surface area (Å²) in [7, 11) is 1.69. The number of fused-ring (bicyclic) bond motifs is 1. The molecule has 1 aromatic heterocycles. The molecule has 0 radical (unpaired) electrons. The zero-order valence-corrected chi connectivity index (χ0v) is 12.5. The Hall–Kier alpha value is -2.44. The second-order valence-electron chi connectivity index (χ2n) is 5.45. The third-order valence-electron chi connectivity index (χ3n) is 3.85. The molecule has 1 aromatic carbocycles. The molecule has 1 aliphatic rings. The number of benzene rings is 1. The predicted molar refractivity (Wildman–Crippen MR) is 75.0 cm³/mol. The minimum Gasteiger partial charge on any atom is -0.489 e. The number of furan rings is 1. The molecular weight excluding hydrogens is 311 g/mol. The molecule has 3 rings (SSSR count). The van der Waals surface area contributed by atoms with Gasteiger partial charge in [-0.2, -0.15) is 13.2 Å². The lowest BCUT2D eigenvalue weighted by Gasteiger charge is -2.10. The van der Waals surface area contributed by atoms with Crippen molar-refractivity contribution < 1.29 is 27.1 Å². The fraction of sp³-hybridized carbons (Fsp3) is 0.312. The van der Waals surface area contributed by atoms with Gasteiger partial charge in [-0.25, -0.2) is 0 Å². The van der Waals surface area contributed by atoms with Gasteiger partial charge in [-0.05, 0) is 30.7 Å². The monoisotopic (exact) mass is 325 g/mol. The van der Waals surface area contributed by atoms with E-state index < -0.39 is 11.7 Å². The van der Waals surface area contributed by atoms with Crippen LogP contribution in [0.4, 0.5) is 13.2 Å². The number of amides is 1. The summed E-state index contributed by atoms with van der Waals surface area (Å²) in [5.74, 6) is 0.519. The molecule has 0 atom stereocenters. The number of rotatable bonds is 3. The first-order valence-corrected chi connectivity index (χ1v) is 6.92. The summed E-state index contributed by atoms with van der Waals surface area (Å²) in [6, 6.07) is 4.89. The first kappa shape index (κ1) is 15.5. The third kappa shape index (κ3) is 2.78. The molecule has 0 unspecified atom stereocenters. The number of halogens is 3. The molecule has 0 aliphatic carbocycles. The van der Waals surface area contributed by atoms with Crippen molar-refractivity contribution in [2.75, 3.05) is 7.05 Å². The summed E-state index contributed by atoms with van der Waals surface area (Å²) < 4.78 is 49.0. The number of hydrogen-bond donors (Lipinski definition) is 0. The molecule has 0 bridgehead atoms. The lowest BCUT2D eigenvalue weighted by molar-refractivity contribution is -0.138. The van der Waals surface area contributed by atoms with Crippen LogP contribution in [0.1, 0.15) is 32.8 Å². The van der Waals surface area contributed by atoms with E-state index in [9.17, 15) is 18.0 Å². The van der Waals surface area contributed by atoms with E-state index in [0.29, 0.717) is 24.1 Å². The first-order valence-electron chi connectivity index (χ1n) is 6.92. The Morgan fingerprint density at radius 3 is 2.78 bits per heavy atom. The molecule has 2 aromatic rings. The van der Waals surface area contributed by atoms with Crippen LogP contribution in [0, 0.1) is 6.92 Å². The van der Waals surface area contributed by atoms with E-state index in [0.717, 1.165) is 5.56 Å². The highest BCUT2D eigenvalue weighted by Crippen LogP contribution is 2.35. The number of hydrogen-bond acceptors (Lipinski definition) is 3. The highest BCUT2D eigenvalue weighted by Gasteiger charge is 2.36. The molecule has 122 valence electrons. The number of ether oxygens (including phenoxy) is 1. The molecule has 1 amide bonds. The van der Waals surface area contributed by atoms with Crippen LogP contribution < -0.4 is 4.74 Å². The van der Waals surface area contributed by atoms with Crippen LogP contribution in [0.15, 0.2) is 28.9 Å². The van der Waals surface area contributed by atoms with Crippen molar-refractivity contribution in [3.8, 4) is 5.75 Å². The van der Waals surface area contributed by atoms with Crippen molar-refractivity contribution in [1.29, 1.82) is 0 Å². The van der Waals surface area contributed by atoms with Crippen LogP contribution in [0.3, 0.4) is 0 Å². The highest BCUT2D eigenvalue weighted by atomic mass is 19.4. The zero-order chi connectivity index (χ0) is 16.8. The van der Waals surface area contributed by atoms with Crippen molar-refractivity contribution >= 4 is 5.91 Å². The van der Waals surface area contributed by atoms with Crippen molar-refractivity contribution in [2.24, 2.45) is 0 Å². The second kappa shape index (κ2) is 5.33. The molecule has 7 heteroatoms. The van der Waals surface area contributed by atoms with E-state index in [1.54, 1.807) is 30.1 Å². The molecule has 4 nitrogen and oxygen atoms in total. The fourth-order valence-electron chi connectivity index (χ4n) is 2.58. The van der Waals surface area contributed by atoms with Gasteiger partial charge >= 0.3 is 6.18 Å². The van der Waals surface area contributed by atoms with Crippen molar-refractivity contribution in [2.45, 2.75) is 26.3 Å². The van der Waals surface area contributed by atoms with E-state index in [1.807, 2.05) is 0 Å². The van der Waals surface area contributed by atoms with Gasteiger partial charge < -0.3 is 14.1 Å². The number of alkyl halides is 3. The number of carbonyl (C=O) groups is 1. The Kier molecular flexibility index (Phi) is 3.58. The molecule has 0 N–H and O–H groups in total. The van der Waals surface area contributed by atoms with Crippen LogP contribution in [-0.4, -0.2) is 17.9 Å². The maximum Gasteiger partial charge on any atom is 0.419 e. The summed E-state index contributed by atoms with van der Waals surface area (Å²) in [6.45, 7) is 1.67. The summed E-state index contributed by atoms with van der Waals surface area (Å²) in [5, 5.41) is 0. The van der Waals surface area contributed by atoms with Crippen LogP contribution in [0.2, 0.25) is 0 Å². The van der Waals surface area contributed by atoms with Gasteiger partial charge in [-0.3, -0.25) is 4.79 Å². The topological polar surface area (TPSA) is 42.7 Å². The Morgan fingerprint density at radius 2 is 2.09 bits per heavy atom. The lowest BCUT2D eigenvalue weighted by Crippen LogP contribution is -2.17. The molecule has 2 heterocycles. The second-order valence-corrected chi connectivity index (χ2v) is 5.45. The molecule has 1 aliphatic heterocycles. The maximum absolute atomic E-state index is 12.9. The predicted octanol–water partition coefficient (Wildman–Crippen LogP) is 3.77. The standard InChI is InChI=1S/C16H14F3NO3/c1-9-13(14(8-22-9)16(17,18)19)7-23-11-3-4-12-10(5-11)6-20(2)15(12)21/h3-5,8H,6-7H2,1-2H3. The van der Waals surface area contributed by atoms with Gasteiger partial charge in [-0.1, -0.05) is 0 Å². The van der Waals surface area contributed by atoms with Gasteiger partial charge in [0, 0.05) is 24.7 Å². The quantitative estimate of drug-likeness (QED) is 0.863. The fourth-order valence-corrected chi connectivity index (χ4v) is 2.58.